The Hall–Kier alpha value is -2.37. The number of ether oxygens (including phenoxy) is 1. The van der Waals surface area contributed by atoms with Crippen molar-refractivity contribution in [1.82, 2.24) is 9.80 Å². The van der Waals surface area contributed by atoms with Crippen LogP contribution in [-0.2, 0) is 4.74 Å². The molecule has 1 aromatic rings. The first-order chi connectivity index (χ1) is 13.2. The average Bonchev–Trinajstić information content (AvgIpc) is 2.92. The number of imide groups is 1. The van der Waals surface area contributed by atoms with E-state index in [1.54, 1.807) is 24.3 Å². The van der Waals surface area contributed by atoms with Gasteiger partial charge >= 0.3 is 6.09 Å². The summed E-state index contributed by atoms with van der Waals surface area (Å²) in [6, 6.07) is 6.94. The first kappa shape index (κ1) is 17.7. The van der Waals surface area contributed by atoms with Crippen LogP contribution < -0.4 is 0 Å². The molecule has 0 N–H and O–H groups in total. The van der Waals surface area contributed by atoms with Crippen molar-refractivity contribution in [3.05, 3.63) is 35.4 Å². The molecule has 3 amide bonds. The largest absolute Gasteiger partial charge is 0.444 e. The Morgan fingerprint density at radius 3 is 2.29 bits per heavy atom. The number of likely N-dealkylation sites (tertiary alicyclic amines) is 1. The maximum Gasteiger partial charge on any atom is 0.410 e. The summed E-state index contributed by atoms with van der Waals surface area (Å²) in [5, 5.41) is 0. The number of benzene rings is 1. The van der Waals surface area contributed by atoms with Gasteiger partial charge in [0.1, 0.15) is 5.60 Å². The van der Waals surface area contributed by atoms with Crippen molar-refractivity contribution in [3.8, 4) is 0 Å². The molecular formula is C22H26N2O4. The van der Waals surface area contributed by atoms with Crippen LogP contribution in [0.5, 0.6) is 0 Å². The van der Waals surface area contributed by atoms with Crippen molar-refractivity contribution in [3.63, 3.8) is 0 Å². The minimum atomic E-state index is -0.576. The van der Waals surface area contributed by atoms with Crippen molar-refractivity contribution < 1.29 is 19.1 Å². The summed E-state index contributed by atoms with van der Waals surface area (Å²) in [4.78, 5) is 41.8. The van der Waals surface area contributed by atoms with Gasteiger partial charge < -0.3 is 4.74 Å². The lowest BCUT2D eigenvalue weighted by Gasteiger charge is -2.37. The van der Waals surface area contributed by atoms with Crippen molar-refractivity contribution in [1.29, 1.82) is 0 Å². The molecule has 6 atom stereocenters. The lowest BCUT2D eigenvalue weighted by molar-refractivity contribution is 0.00180. The zero-order chi connectivity index (χ0) is 20.0. The minimum Gasteiger partial charge on any atom is -0.444 e. The number of rotatable bonds is 2. The number of nitrogens with zero attached hydrogens (tertiary/aromatic N) is 2. The number of hydrogen-bond acceptors (Lipinski definition) is 4. The zero-order valence-corrected chi connectivity index (χ0v) is 16.7. The molecule has 2 aliphatic carbocycles. The molecule has 6 heteroatoms. The van der Waals surface area contributed by atoms with Gasteiger partial charge in [-0.15, -0.1) is 0 Å². The quantitative estimate of drug-likeness (QED) is 0.737. The second kappa shape index (κ2) is 5.58. The van der Waals surface area contributed by atoms with Crippen LogP contribution in [0.2, 0.25) is 0 Å². The highest BCUT2D eigenvalue weighted by Crippen LogP contribution is 2.67. The van der Waals surface area contributed by atoms with Gasteiger partial charge in [-0.05, 0) is 63.0 Å². The summed E-state index contributed by atoms with van der Waals surface area (Å²) >= 11 is 0. The summed E-state index contributed by atoms with van der Waals surface area (Å²) in [7, 11) is 0. The molecule has 0 spiro atoms. The molecule has 5 rings (SSSR count). The molecule has 1 aromatic carbocycles. The Balaban J connectivity index is 1.43. The SMILES string of the molecule is C[C@H]1[C@H]2C3CC([C@@H]12)N(C(=O)OC(C)(C)C)[C@H]3CN1C(=O)c2ccccc2C1=O. The topological polar surface area (TPSA) is 66.9 Å². The second-order valence-corrected chi connectivity index (χ2v) is 9.70. The molecule has 2 unspecified atom stereocenters. The fraction of sp³-hybridized carbons (Fsp3) is 0.591. The maximum atomic E-state index is 13.0. The van der Waals surface area contributed by atoms with Crippen LogP contribution in [0.1, 0.15) is 54.8 Å². The normalized spacial score (nSPS) is 35.3. The molecule has 2 saturated carbocycles. The van der Waals surface area contributed by atoms with E-state index in [4.69, 9.17) is 4.74 Å². The van der Waals surface area contributed by atoms with E-state index in [1.807, 2.05) is 25.7 Å². The predicted molar refractivity (Wildman–Crippen MR) is 102 cm³/mol. The second-order valence-electron chi connectivity index (χ2n) is 9.70. The summed E-state index contributed by atoms with van der Waals surface area (Å²) in [5.74, 6) is 1.56. The third kappa shape index (κ3) is 2.36. The van der Waals surface area contributed by atoms with Crippen molar-refractivity contribution >= 4 is 17.9 Å². The monoisotopic (exact) mass is 382 g/mol. The van der Waals surface area contributed by atoms with E-state index < -0.39 is 5.60 Å². The molecule has 6 nitrogen and oxygen atoms in total. The van der Waals surface area contributed by atoms with Gasteiger partial charge in [0.2, 0.25) is 0 Å². The molecule has 0 aromatic heterocycles. The van der Waals surface area contributed by atoms with Gasteiger partial charge in [0, 0.05) is 6.04 Å². The molecular weight excluding hydrogens is 356 g/mol. The summed E-state index contributed by atoms with van der Waals surface area (Å²) < 4.78 is 5.69. The molecule has 28 heavy (non-hydrogen) atoms. The first-order valence-corrected chi connectivity index (χ1v) is 10.2. The van der Waals surface area contributed by atoms with Gasteiger partial charge in [0.05, 0.1) is 23.7 Å². The standard InChI is InChI=1S/C22H26N2O4/c1-11-17-14-9-15(18(11)17)24(21(27)28-22(2,3)4)16(14)10-23-19(25)12-7-5-6-8-13(12)20(23)26/h5-8,11,14-18H,9-10H2,1-4H3/t11-,14?,15?,16-,17-,18+/m0/s1. The highest BCUT2D eigenvalue weighted by atomic mass is 16.6. The lowest BCUT2D eigenvalue weighted by Crippen LogP contribution is -2.53. The van der Waals surface area contributed by atoms with E-state index in [-0.39, 0.29) is 36.5 Å². The van der Waals surface area contributed by atoms with Crippen LogP contribution in [0.4, 0.5) is 4.79 Å². The molecule has 2 aliphatic heterocycles. The number of amides is 3. The summed E-state index contributed by atoms with van der Waals surface area (Å²) in [6.07, 6.45) is 0.631. The summed E-state index contributed by atoms with van der Waals surface area (Å²) in [6.45, 7) is 8.08. The Kier molecular flexibility index (Phi) is 3.53. The van der Waals surface area contributed by atoms with E-state index in [0.717, 1.165) is 6.42 Å². The molecule has 2 bridgehead atoms. The van der Waals surface area contributed by atoms with Gasteiger partial charge in [-0.25, -0.2) is 4.79 Å². The Labute approximate surface area is 164 Å². The number of fused-ring (bicyclic) bond motifs is 6. The van der Waals surface area contributed by atoms with Crippen molar-refractivity contribution in [2.75, 3.05) is 6.54 Å². The van der Waals surface area contributed by atoms with Crippen LogP contribution in [0, 0.1) is 23.7 Å². The van der Waals surface area contributed by atoms with Gasteiger partial charge in [0.15, 0.2) is 0 Å². The smallest absolute Gasteiger partial charge is 0.410 e. The summed E-state index contributed by atoms with van der Waals surface area (Å²) in [5.41, 5.74) is 0.336. The molecule has 4 aliphatic rings. The van der Waals surface area contributed by atoms with E-state index in [1.165, 1.54) is 4.90 Å². The third-order valence-electron chi connectivity index (χ3n) is 7.03. The third-order valence-corrected chi connectivity index (χ3v) is 7.03. The van der Waals surface area contributed by atoms with E-state index in [9.17, 15) is 14.4 Å². The zero-order valence-electron chi connectivity index (χ0n) is 16.7. The van der Waals surface area contributed by atoms with Gasteiger partial charge in [0.25, 0.3) is 11.8 Å². The van der Waals surface area contributed by atoms with Crippen LogP contribution in [0.15, 0.2) is 24.3 Å². The number of carbonyl (C=O) groups excluding carboxylic acids is 3. The Bertz CT molecular complexity index is 854. The van der Waals surface area contributed by atoms with Crippen LogP contribution in [0.3, 0.4) is 0 Å². The average molecular weight is 382 g/mol. The van der Waals surface area contributed by atoms with E-state index in [0.29, 0.717) is 34.8 Å². The van der Waals surface area contributed by atoms with Gasteiger partial charge in [-0.2, -0.15) is 0 Å². The number of piperidine rings is 1. The number of hydrogen-bond donors (Lipinski definition) is 0. The fourth-order valence-corrected chi connectivity index (χ4v) is 5.97. The van der Waals surface area contributed by atoms with Crippen LogP contribution >= 0.6 is 0 Å². The highest BCUT2D eigenvalue weighted by Gasteiger charge is 2.70. The van der Waals surface area contributed by atoms with Gasteiger partial charge in [-0.1, -0.05) is 19.1 Å². The lowest BCUT2D eigenvalue weighted by atomic mass is 9.94. The van der Waals surface area contributed by atoms with Crippen LogP contribution in [0.25, 0.3) is 0 Å². The predicted octanol–water partition coefficient (Wildman–Crippen LogP) is 3.17. The first-order valence-electron chi connectivity index (χ1n) is 10.2. The van der Waals surface area contributed by atoms with E-state index in [2.05, 4.69) is 6.92 Å². The van der Waals surface area contributed by atoms with E-state index >= 15 is 0 Å². The molecule has 3 fully saturated rings. The fourth-order valence-electron chi connectivity index (χ4n) is 5.97. The van der Waals surface area contributed by atoms with Gasteiger partial charge in [-0.3, -0.25) is 19.4 Å². The van der Waals surface area contributed by atoms with Crippen LogP contribution in [-0.4, -0.2) is 51.9 Å². The Morgan fingerprint density at radius 2 is 1.71 bits per heavy atom. The molecule has 148 valence electrons. The molecule has 0 radical (unpaired) electrons. The Morgan fingerprint density at radius 1 is 1.11 bits per heavy atom. The van der Waals surface area contributed by atoms with Crippen molar-refractivity contribution in [2.45, 2.75) is 51.8 Å². The highest BCUT2D eigenvalue weighted by molar-refractivity contribution is 6.21. The number of carbonyl (C=O) groups is 3. The molecule has 2 heterocycles. The van der Waals surface area contributed by atoms with Crippen molar-refractivity contribution in [2.24, 2.45) is 23.7 Å². The minimum absolute atomic E-state index is 0.159. The molecule has 1 saturated heterocycles. The maximum absolute atomic E-state index is 13.0.